The van der Waals surface area contributed by atoms with Gasteiger partial charge in [-0.15, -0.1) is 0 Å². The number of carbonyl (C=O) groups is 2. The number of aromatic nitrogens is 2. The van der Waals surface area contributed by atoms with Gasteiger partial charge in [0.05, 0.1) is 41.4 Å². The quantitative estimate of drug-likeness (QED) is 0.470. The average molecular weight is 515 g/mol. The van der Waals surface area contributed by atoms with Gasteiger partial charge < -0.3 is 10.6 Å². The molecule has 0 spiro atoms. The number of hydrogen-bond donors (Lipinski definition) is 2. The van der Waals surface area contributed by atoms with Crippen LogP contribution in [0.25, 0.3) is 11.3 Å². The summed E-state index contributed by atoms with van der Waals surface area (Å²) in [6, 6.07) is 1.80. The third-order valence-electron chi connectivity index (χ3n) is 5.41. The lowest BCUT2D eigenvalue weighted by molar-refractivity contribution is 0.0216. The van der Waals surface area contributed by atoms with Gasteiger partial charge in [-0.2, -0.15) is 0 Å². The summed E-state index contributed by atoms with van der Waals surface area (Å²) in [6.07, 6.45) is 10.5. The van der Waals surface area contributed by atoms with Crippen LogP contribution in [-0.4, -0.2) is 38.6 Å². The van der Waals surface area contributed by atoms with E-state index in [2.05, 4.69) is 20.9 Å². The highest BCUT2D eigenvalue weighted by molar-refractivity contribution is 9.10. The molecular formula is C23H27BrN6O3. The Balaban J connectivity index is 1.87. The third-order valence-corrected chi connectivity index (χ3v) is 6.04. The summed E-state index contributed by atoms with van der Waals surface area (Å²) in [5.41, 5.74) is 2.74. The van der Waals surface area contributed by atoms with Gasteiger partial charge in [0, 0.05) is 22.4 Å². The van der Waals surface area contributed by atoms with Crippen molar-refractivity contribution in [2.45, 2.75) is 45.8 Å². The van der Waals surface area contributed by atoms with Crippen molar-refractivity contribution in [1.29, 1.82) is 0 Å². The first kappa shape index (κ1) is 23.1. The molecule has 0 bridgehead atoms. The maximum absolute atomic E-state index is 13.4. The lowest BCUT2D eigenvalue weighted by Gasteiger charge is -2.30. The molecule has 2 aromatic heterocycles. The predicted molar refractivity (Wildman–Crippen MR) is 130 cm³/mol. The van der Waals surface area contributed by atoms with E-state index < -0.39 is 11.7 Å². The summed E-state index contributed by atoms with van der Waals surface area (Å²) in [4.78, 5) is 31.6. The van der Waals surface area contributed by atoms with Crippen LogP contribution < -0.4 is 16.7 Å². The van der Waals surface area contributed by atoms with Gasteiger partial charge in [0.2, 0.25) is 0 Å². The highest BCUT2D eigenvalue weighted by atomic mass is 79.9. The second kappa shape index (κ2) is 8.68. The number of rotatable bonds is 3. The zero-order chi connectivity index (χ0) is 23.9. The van der Waals surface area contributed by atoms with Crippen molar-refractivity contribution in [3.8, 4) is 11.3 Å². The molecule has 0 fully saturated rings. The first-order valence-corrected chi connectivity index (χ1v) is 11.4. The number of anilines is 1. The number of carbonyl (C=O) groups excluding carboxylic acids is 2. The van der Waals surface area contributed by atoms with E-state index in [9.17, 15) is 9.59 Å². The summed E-state index contributed by atoms with van der Waals surface area (Å²) in [6.45, 7) is 5.33. The Hall–Kier alpha value is -3.11. The lowest BCUT2D eigenvalue weighted by Crippen LogP contribution is -2.43. The summed E-state index contributed by atoms with van der Waals surface area (Å²) < 4.78 is 7.62. The van der Waals surface area contributed by atoms with Crippen molar-refractivity contribution in [2.75, 3.05) is 17.4 Å². The number of allylic oxidation sites excluding steroid dienone is 3. The standard InChI is InChI=1S/C23H27BrN6O3/c1-23(2,3)33-22(32)28-12-17-19(18(31)13-28)21(29(25)14-7-5-4-6-8-14)20(30(17)26)15-9-10-27-11-16(15)24/h5,7-11H,4,6,12-13,25-26H2,1-3H3. The van der Waals surface area contributed by atoms with Gasteiger partial charge in [0.1, 0.15) is 5.60 Å². The van der Waals surface area contributed by atoms with Crippen molar-refractivity contribution in [3.63, 3.8) is 0 Å². The molecule has 4 N–H and O–H groups in total. The largest absolute Gasteiger partial charge is 0.444 e. The van der Waals surface area contributed by atoms with E-state index >= 15 is 0 Å². The molecule has 4 rings (SSSR count). The van der Waals surface area contributed by atoms with Crippen molar-refractivity contribution in [2.24, 2.45) is 5.84 Å². The topological polar surface area (TPSA) is 120 Å². The van der Waals surface area contributed by atoms with E-state index in [0.717, 1.165) is 24.1 Å². The van der Waals surface area contributed by atoms with E-state index in [0.29, 0.717) is 27.1 Å². The van der Waals surface area contributed by atoms with Crippen LogP contribution >= 0.6 is 15.9 Å². The molecule has 0 aromatic carbocycles. The molecule has 0 saturated heterocycles. The molecular weight excluding hydrogens is 488 g/mol. The molecule has 174 valence electrons. The smallest absolute Gasteiger partial charge is 0.411 e. The second-order valence-electron chi connectivity index (χ2n) is 8.98. The Kier molecular flexibility index (Phi) is 6.06. The number of nitrogens with zero attached hydrogens (tertiary/aromatic N) is 4. The van der Waals surface area contributed by atoms with Crippen LogP contribution in [0.4, 0.5) is 10.5 Å². The van der Waals surface area contributed by atoms with Gasteiger partial charge in [-0.25, -0.2) is 10.6 Å². The third kappa shape index (κ3) is 4.40. The average Bonchev–Trinajstić information content (AvgIpc) is 3.06. The summed E-state index contributed by atoms with van der Waals surface area (Å²) >= 11 is 3.53. The van der Waals surface area contributed by atoms with Crippen LogP contribution in [0.3, 0.4) is 0 Å². The van der Waals surface area contributed by atoms with Crippen molar-refractivity contribution in [3.05, 3.63) is 58.1 Å². The van der Waals surface area contributed by atoms with E-state index in [1.54, 1.807) is 39.2 Å². The van der Waals surface area contributed by atoms with Gasteiger partial charge >= 0.3 is 6.09 Å². The van der Waals surface area contributed by atoms with E-state index in [1.165, 1.54) is 14.6 Å². The molecule has 1 aliphatic carbocycles. The van der Waals surface area contributed by atoms with Crippen LogP contribution in [0.15, 0.2) is 46.9 Å². The highest BCUT2D eigenvalue weighted by Crippen LogP contribution is 2.43. The molecule has 0 radical (unpaired) electrons. The molecule has 2 aliphatic rings. The van der Waals surface area contributed by atoms with Gasteiger partial charge in [0.25, 0.3) is 0 Å². The Labute approximate surface area is 200 Å². The predicted octanol–water partition coefficient (Wildman–Crippen LogP) is 3.87. The number of nitrogen functional groups attached to an aromatic ring is 1. The number of Topliss-reactive ketones (excluding diaryl/α,β-unsaturated/α-hetero) is 1. The number of halogens is 1. The van der Waals surface area contributed by atoms with Crippen LogP contribution in [0.2, 0.25) is 0 Å². The number of ketones is 1. The van der Waals surface area contributed by atoms with Crippen molar-refractivity contribution < 1.29 is 14.3 Å². The van der Waals surface area contributed by atoms with E-state index in [4.69, 9.17) is 16.4 Å². The normalized spacial score (nSPS) is 15.8. The van der Waals surface area contributed by atoms with Gasteiger partial charge in [-0.3, -0.25) is 24.4 Å². The zero-order valence-electron chi connectivity index (χ0n) is 18.8. The lowest BCUT2D eigenvalue weighted by atomic mass is 10.0. The van der Waals surface area contributed by atoms with Crippen molar-refractivity contribution in [1.82, 2.24) is 14.6 Å². The molecule has 0 unspecified atom stereocenters. The molecule has 1 aliphatic heterocycles. The monoisotopic (exact) mass is 514 g/mol. The Morgan fingerprint density at radius 2 is 2.03 bits per heavy atom. The fraction of sp³-hybridized carbons (Fsp3) is 0.348. The van der Waals surface area contributed by atoms with E-state index in [-0.39, 0.29) is 18.9 Å². The molecule has 9 nitrogen and oxygen atoms in total. The van der Waals surface area contributed by atoms with Gasteiger partial charge in [-0.05, 0) is 61.7 Å². The number of fused-ring (bicyclic) bond motifs is 1. The minimum absolute atomic E-state index is 0.116. The fourth-order valence-corrected chi connectivity index (χ4v) is 4.42. The van der Waals surface area contributed by atoms with Crippen LogP contribution in [-0.2, 0) is 11.3 Å². The SMILES string of the molecule is CC(C)(C)OC(=O)N1CC(=O)c2c(N(N)C3=CCCC=C3)c(-c3ccncc3Br)n(N)c2C1. The second-order valence-corrected chi connectivity index (χ2v) is 9.84. The van der Waals surface area contributed by atoms with Crippen LogP contribution in [0.1, 0.15) is 49.7 Å². The fourth-order valence-electron chi connectivity index (χ4n) is 3.98. The van der Waals surface area contributed by atoms with Gasteiger partial charge in [-0.1, -0.05) is 12.2 Å². The number of ether oxygens (including phenoxy) is 1. The van der Waals surface area contributed by atoms with Crippen molar-refractivity contribution >= 4 is 33.5 Å². The number of hydrogen-bond acceptors (Lipinski definition) is 7. The zero-order valence-corrected chi connectivity index (χ0v) is 20.4. The Bertz CT molecular complexity index is 1180. The highest BCUT2D eigenvalue weighted by Gasteiger charge is 2.38. The molecule has 3 heterocycles. The number of pyridine rings is 1. The summed E-state index contributed by atoms with van der Waals surface area (Å²) in [7, 11) is 0. The minimum atomic E-state index is -0.683. The van der Waals surface area contributed by atoms with Crippen LogP contribution in [0, 0.1) is 0 Å². The summed E-state index contributed by atoms with van der Waals surface area (Å²) in [5.74, 6) is 12.9. The Morgan fingerprint density at radius 1 is 1.27 bits per heavy atom. The molecule has 2 aromatic rings. The maximum atomic E-state index is 13.4. The molecule has 33 heavy (non-hydrogen) atoms. The first-order valence-electron chi connectivity index (χ1n) is 10.6. The van der Waals surface area contributed by atoms with Gasteiger partial charge in [0.15, 0.2) is 5.78 Å². The number of hydrazine groups is 1. The molecule has 10 heteroatoms. The molecule has 0 atom stereocenters. The van der Waals surface area contributed by atoms with Crippen LogP contribution in [0.5, 0.6) is 0 Å². The first-order chi connectivity index (χ1) is 15.6. The minimum Gasteiger partial charge on any atom is -0.444 e. The number of nitrogens with two attached hydrogens (primary N) is 2. The van der Waals surface area contributed by atoms with E-state index in [1.807, 2.05) is 18.2 Å². The number of amides is 1. The maximum Gasteiger partial charge on any atom is 0.411 e. The molecule has 0 saturated carbocycles. The summed E-state index contributed by atoms with van der Waals surface area (Å²) in [5, 5.41) is 1.50. The molecule has 1 amide bonds. The Morgan fingerprint density at radius 3 is 2.67 bits per heavy atom.